The van der Waals surface area contributed by atoms with Crippen LogP contribution in [0.5, 0.6) is 0 Å². The van der Waals surface area contributed by atoms with E-state index >= 15 is 0 Å². The van der Waals surface area contributed by atoms with E-state index in [1.165, 1.54) is 30.0 Å². The van der Waals surface area contributed by atoms with Gasteiger partial charge in [-0.3, -0.25) is 4.79 Å². The minimum atomic E-state index is 0.0381. The molecule has 1 aliphatic rings. The van der Waals surface area contributed by atoms with Crippen LogP contribution < -0.4 is 0 Å². The van der Waals surface area contributed by atoms with E-state index in [1.54, 1.807) is 0 Å². The molecule has 94 valence electrons. The molecule has 0 bridgehead atoms. The van der Waals surface area contributed by atoms with Crippen molar-refractivity contribution in [1.29, 1.82) is 0 Å². The fraction of sp³-hybridized carbons (Fsp3) is 0.615. The van der Waals surface area contributed by atoms with Gasteiger partial charge in [0.2, 0.25) is 0 Å². The maximum atomic E-state index is 11.7. The van der Waals surface area contributed by atoms with Gasteiger partial charge in [0.15, 0.2) is 5.78 Å². The van der Waals surface area contributed by atoms with Crippen LogP contribution in [-0.2, 0) is 0 Å². The molecule has 4 heteroatoms. The molecule has 0 spiro atoms. The Labute approximate surface area is 112 Å². The third-order valence-electron chi connectivity index (χ3n) is 3.46. The molecule has 0 saturated carbocycles. The van der Waals surface area contributed by atoms with Crippen LogP contribution in [0, 0.1) is 13.8 Å². The second kappa shape index (κ2) is 5.49. The highest BCUT2D eigenvalue weighted by Crippen LogP contribution is 2.31. The second-order valence-electron chi connectivity index (χ2n) is 4.56. The van der Waals surface area contributed by atoms with Crippen molar-refractivity contribution in [1.82, 2.24) is 4.57 Å². The lowest BCUT2D eigenvalue weighted by atomic mass is 10.1. The molecule has 1 aliphatic heterocycles. The molecule has 0 atom stereocenters. The van der Waals surface area contributed by atoms with E-state index < -0.39 is 0 Å². The van der Waals surface area contributed by atoms with E-state index in [1.807, 2.05) is 24.8 Å². The van der Waals surface area contributed by atoms with Gasteiger partial charge in [-0.05, 0) is 44.3 Å². The average molecular weight is 272 g/mol. The predicted octanol–water partition coefficient (Wildman–Crippen LogP) is 3.59. The predicted molar refractivity (Wildman–Crippen MR) is 74.6 cm³/mol. The third-order valence-corrected chi connectivity index (χ3v) is 4.75. The van der Waals surface area contributed by atoms with Crippen molar-refractivity contribution in [3.05, 3.63) is 23.0 Å². The SMILES string of the molecule is Cc1cc(C(=O)CCl)c(C)n1C1CCSCC1. The van der Waals surface area contributed by atoms with Gasteiger partial charge < -0.3 is 4.57 Å². The minimum absolute atomic E-state index is 0.0381. The molecule has 0 aliphatic carbocycles. The van der Waals surface area contributed by atoms with Crippen molar-refractivity contribution in [3.63, 3.8) is 0 Å². The van der Waals surface area contributed by atoms with Gasteiger partial charge in [-0.15, -0.1) is 11.6 Å². The summed E-state index contributed by atoms with van der Waals surface area (Å²) in [5.41, 5.74) is 3.08. The van der Waals surface area contributed by atoms with Crippen LogP contribution in [0.1, 0.15) is 40.6 Å². The van der Waals surface area contributed by atoms with Gasteiger partial charge in [-0.1, -0.05) is 0 Å². The van der Waals surface area contributed by atoms with E-state index in [4.69, 9.17) is 11.6 Å². The van der Waals surface area contributed by atoms with Crippen molar-refractivity contribution in [3.8, 4) is 0 Å². The number of carbonyl (C=O) groups excluding carboxylic acids is 1. The highest BCUT2D eigenvalue weighted by molar-refractivity contribution is 7.99. The number of nitrogens with zero attached hydrogens (tertiary/aromatic N) is 1. The van der Waals surface area contributed by atoms with Gasteiger partial charge in [0.05, 0.1) is 5.88 Å². The Morgan fingerprint density at radius 2 is 2.12 bits per heavy atom. The number of aryl methyl sites for hydroxylation is 1. The largest absolute Gasteiger partial charge is 0.345 e. The second-order valence-corrected chi connectivity index (χ2v) is 6.05. The summed E-state index contributed by atoms with van der Waals surface area (Å²) >= 11 is 7.67. The number of thioether (sulfide) groups is 1. The normalized spacial score (nSPS) is 17.4. The Morgan fingerprint density at radius 1 is 1.47 bits per heavy atom. The van der Waals surface area contributed by atoms with E-state index in [0.717, 1.165) is 11.3 Å². The number of ketones is 1. The maximum absolute atomic E-state index is 11.7. The molecule has 0 aromatic carbocycles. The molecule has 2 heterocycles. The number of hydrogen-bond donors (Lipinski definition) is 0. The molecule has 2 nitrogen and oxygen atoms in total. The summed E-state index contributed by atoms with van der Waals surface area (Å²) < 4.78 is 2.33. The molecule has 17 heavy (non-hydrogen) atoms. The standard InChI is InChI=1S/C13H18ClNOS/c1-9-7-12(13(16)8-14)10(2)15(9)11-3-5-17-6-4-11/h7,11H,3-6,8H2,1-2H3. The summed E-state index contributed by atoms with van der Waals surface area (Å²) in [6.45, 7) is 4.12. The third kappa shape index (κ3) is 2.55. The Balaban J connectivity index is 2.33. The monoisotopic (exact) mass is 271 g/mol. The summed E-state index contributed by atoms with van der Waals surface area (Å²) in [7, 11) is 0. The molecular formula is C13H18ClNOS. The lowest BCUT2D eigenvalue weighted by molar-refractivity contribution is 0.102. The van der Waals surface area contributed by atoms with Crippen LogP contribution in [0.3, 0.4) is 0 Å². The molecule has 0 unspecified atom stereocenters. The first kappa shape index (κ1) is 13.0. The number of alkyl halides is 1. The summed E-state index contributed by atoms with van der Waals surface area (Å²) in [6.07, 6.45) is 2.41. The van der Waals surface area contributed by atoms with Crippen LogP contribution >= 0.6 is 23.4 Å². The summed E-state index contributed by atoms with van der Waals surface area (Å²) in [5, 5.41) is 0. The molecule has 2 rings (SSSR count). The van der Waals surface area contributed by atoms with E-state index in [-0.39, 0.29) is 11.7 Å². The number of hydrogen-bond acceptors (Lipinski definition) is 2. The highest BCUT2D eigenvalue weighted by atomic mass is 35.5. The fourth-order valence-corrected chi connectivity index (χ4v) is 3.86. The first-order chi connectivity index (χ1) is 8.15. The molecule has 0 N–H and O–H groups in total. The van der Waals surface area contributed by atoms with Crippen molar-refractivity contribution >= 4 is 29.1 Å². The van der Waals surface area contributed by atoms with Gasteiger partial charge in [0, 0.05) is 23.0 Å². The minimum Gasteiger partial charge on any atom is -0.345 e. The number of Topliss-reactive ketones (excluding diaryl/α,β-unsaturated/α-hetero) is 1. The molecule has 1 aromatic rings. The molecule has 0 radical (unpaired) electrons. The fourth-order valence-electron chi connectivity index (χ4n) is 2.64. The van der Waals surface area contributed by atoms with E-state index in [9.17, 15) is 4.79 Å². The first-order valence-corrected chi connectivity index (χ1v) is 7.69. The van der Waals surface area contributed by atoms with Gasteiger partial charge in [-0.25, -0.2) is 0 Å². The lowest BCUT2D eigenvalue weighted by Gasteiger charge is -2.26. The summed E-state index contributed by atoms with van der Waals surface area (Å²) in [4.78, 5) is 11.7. The Kier molecular flexibility index (Phi) is 4.21. The average Bonchev–Trinajstić information content (AvgIpc) is 2.65. The van der Waals surface area contributed by atoms with Crippen molar-refractivity contribution in [2.45, 2.75) is 32.7 Å². The molecule has 1 saturated heterocycles. The number of halogens is 1. The molecular weight excluding hydrogens is 254 g/mol. The zero-order chi connectivity index (χ0) is 12.4. The van der Waals surface area contributed by atoms with Crippen LogP contribution in [-0.4, -0.2) is 27.7 Å². The summed E-state index contributed by atoms with van der Waals surface area (Å²) in [6, 6.07) is 2.55. The van der Waals surface area contributed by atoms with Crippen LogP contribution in [0.25, 0.3) is 0 Å². The lowest BCUT2D eigenvalue weighted by Crippen LogP contribution is -2.18. The number of rotatable bonds is 3. The number of carbonyl (C=O) groups is 1. The number of aromatic nitrogens is 1. The Hall–Kier alpha value is -0.410. The van der Waals surface area contributed by atoms with Gasteiger partial charge >= 0.3 is 0 Å². The molecule has 0 amide bonds. The zero-order valence-electron chi connectivity index (χ0n) is 10.3. The Bertz CT molecular complexity index is 421. The van der Waals surface area contributed by atoms with Crippen LogP contribution in [0.4, 0.5) is 0 Å². The first-order valence-electron chi connectivity index (χ1n) is 6.00. The smallest absolute Gasteiger partial charge is 0.179 e. The van der Waals surface area contributed by atoms with Crippen LogP contribution in [0.15, 0.2) is 6.07 Å². The van der Waals surface area contributed by atoms with Crippen molar-refractivity contribution < 1.29 is 4.79 Å². The van der Waals surface area contributed by atoms with Crippen molar-refractivity contribution in [2.75, 3.05) is 17.4 Å². The van der Waals surface area contributed by atoms with Gasteiger partial charge in [-0.2, -0.15) is 11.8 Å². The zero-order valence-corrected chi connectivity index (χ0v) is 11.9. The van der Waals surface area contributed by atoms with Crippen molar-refractivity contribution in [2.24, 2.45) is 0 Å². The van der Waals surface area contributed by atoms with Gasteiger partial charge in [0.1, 0.15) is 0 Å². The van der Waals surface area contributed by atoms with E-state index in [2.05, 4.69) is 11.5 Å². The highest BCUT2D eigenvalue weighted by Gasteiger charge is 2.22. The van der Waals surface area contributed by atoms with E-state index in [0.29, 0.717) is 6.04 Å². The quantitative estimate of drug-likeness (QED) is 0.619. The molecule has 1 fully saturated rings. The Morgan fingerprint density at radius 3 is 2.71 bits per heavy atom. The maximum Gasteiger partial charge on any atom is 0.179 e. The van der Waals surface area contributed by atoms with Gasteiger partial charge in [0.25, 0.3) is 0 Å². The topological polar surface area (TPSA) is 22.0 Å². The molecule has 1 aromatic heterocycles. The summed E-state index contributed by atoms with van der Waals surface area (Å²) in [5.74, 6) is 2.56. The van der Waals surface area contributed by atoms with Crippen LogP contribution in [0.2, 0.25) is 0 Å².